The summed E-state index contributed by atoms with van der Waals surface area (Å²) in [4.78, 5) is 12.1. The SMILES string of the molecule is C=CCCc1ccc(-c2ccc(C3C=Cc4cc(CCCCC)ccc4C3(F)C=O)cc2)cc1. The van der Waals surface area contributed by atoms with Crippen molar-refractivity contribution in [3.05, 3.63) is 113 Å². The first-order chi connectivity index (χ1) is 16.6. The first-order valence-corrected chi connectivity index (χ1v) is 12.4. The zero-order valence-corrected chi connectivity index (χ0v) is 20.0. The Kier molecular flexibility index (Phi) is 7.57. The van der Waals surface area contributed by atoms with E-state index in [1.807, 2.05) is 60.7 Å². The molecular weight excluding hydrogens is 419 g/mol. The average Bonchev–Trinajstić information content (AvgIpc) is 2.88. The minimum atomic E-state index is -2.07. The molecule has 2 atom stereocenters. The summed E-state index contributed by atoms with van der Waals surface area (Å²) in [6.07, 6.45) is 12.6. The molecule has 174 valence electrons. The molecule has 1 aliphatic rings. The molecule has 3 aromatic rings. The molecule has 0 saturated heterocycles. The molecule has 2 heteroatoms. The summed E-state index contributed by atoms with van der Waals surface area (Å²) >= 11 is 0. The molecule has 0 spiro atoms. The Morgan fingerprint density at radius 3 is 2.24 bits per heavy atom. The van der Waals surface area contributed by atoms with Crippen molar-refractivity contribution < 1.29 is 9.18 Å². The van der Waals surface area contributed by atoms with Crippen LogP contribution >= 0.6 is 0 Å². The van der Waals surface area contributed by atoms with Gasteiger partial charge in [-0.3, -0.25) is 4.79 Å². The summed E-state index contributed by atoms with van der Waals surface area (Å²) in [5, 5.41) is 0. The number of halogens is 1. The van der Waals surface area contributed by atoms with Gasteiger partial charge in [0.25, 0.3) is 0 Å². The van der Waals surface area contributed by atoms with E-state index in [4.69, 9.17) is 0 Å². The molecule has 0 N–H and O–H groups in total. The highest BCUT2D eigenvalue weighted by atomic mass is 19.1. The van der Waals surface area contributed by atoms with Crippen molar-refractivity contribution in [2.45, 2.75) is 57.0 Å². The van der Waals surface area contributed by atoms with Crippen molar-refractivity contribution in [3.63, 3.8) is 0 Å². The fourth-order valence-corrected chi connectivity index (χ4v) is 4.85. The van der Waals surface area contributed by atoms with Gasteiger partial charge in [-0.15, -0.1) is 6.58 Å². The number of unbranched alkanes of at least 4 members (excludes halogenated alkanes) is 2. The van der Waals surface area contributed by atoms with Gasteiger partial charge in [0.15, 0.2) is 6.29 Å². The highest BCUT2D eigenvalue weighted by molar-refractivity contribution is 5.77. The summed E-state index contributed by atoms with van der Waals surface area (Å²) in [6, 6.07) is 22.3. The number of benzene rings is 3. The van der Waals surface area contributed by atoms with Crippen LogP contribution in [0.25, 0.3) is 17.2 Å². The molecule has 0 amide bonds. The lowest BCUT2D eigenvalue weighted by atomic mass is 9.74. The minimum Gasteiger partial charge on any atom is -0.299 e. The third-order valence-electron chi connectivity index (χ3n) is 6.88. The molecule has 0 saturated carbocycles. The van der Waals surface area contributed by atoms with E-state index >= 15 is 4.39 Å². The Balaban J connectivity index is 1.56. The fourth-order valence-electron chi connectivity index (χ4n) is 4.85. The number of hydrogen-bond donors (Lipinski definition) is 0. The van der Waals surface area contributed by atoms with Gasteiger partial charge in [0.05, 0.1) is 0 Å². The predicted molar refractivity (Wildman–Crippen MR) is 141 cm³/mol. The molecule has 0 aromatic heterocycles. The number of rotatable bonds is 10. The van der Waals surface area contributed by atoms with Gasteiger partial charge in [-0.05, 0) is 59.1 Å². The second-order valence-corrected chi connectivity index (χ2v) is 9.25. The maximum Gasteiger partial charge on any atom is 0.201 e. The Morgan fingerprint density at radius 1 is 0.912 bits per heavy atom. The number of hydrogen-bond acceptors (Lipinski definition) is 1. The van der Waals surface area contributed by atoms with E-state index in [0.29, 0.717) is 11.8 Å². The second kappa shape index (κ2) is 10.8. The number of aryl methyl sites for hydroxylation is 2. The molecule has 0 bridgehead atoms. The van der Waals surface area contributed by atoms with Crippen molar-refractivity contribution >= 4 is 12.4 Å². The Hall–Kier alpha value is -3.26. The van der Waals surface area contributed by atoms with Gasteiger partial charge in [0, 0.05) is 11.5 Å². The monoisotopic (exact) mass is 452 g/mol. The third-order valence-corrected chi connectivity index (χ3v) is 6.88. The molecular formula is C32H33FO. The van der Waals surface area contributed by atoms with Gasteiger partial charge in [-0.1, -0.05) is 105 Å². The second-order valence-electron chi connectivity index (χ2n) is 9.25. The molecule has 4 rings (SSSR count). The zero-order chi connectivity index (χ0) is 24.0. The number of allylic oxidation sites excluding steroid dienone is 2. The van der Waals surface area contributed by atoms with E-state index in [1.54, 1.807) is 0 Å². The summed E-state index contributed by atoms with van der Waals surface area (Å²) in [5.41, 5.74) is 4.69. The van der Waals surface area contributed by atoms with Crippen LogP contribution in [0.4, 0.5) is 4.39 Å². The van der Waals surface area contributed by atoms with Gasteiger partial charge >= 0.3 is 0 Å². The van der Waals surface area contributed by atoms with Crippen LogP contribution in [-0.4, -0.2) is 6.29 Å². The van der Waals surface area contributed by atoms with Crippen LogP contribution in [0.15, 0.2) is 85.5 Å². The molecule has 0 aliphatic heterocycles. The Labute approximate surface area is 203 Å². The maximum absolute atomic E-state index is 16.2. The molecule has 3 aromatic carbocycles. The highest BCUT2D eigenvalue weighted by Gasteiger charge is 2.43. The first kappa shape index (κ1) is 23.9. The number of carbonyl (C=O) groups excluding carboxylic acids is 1. The highest BCUT2D eigenvalue weighted by Crippen LogP contribution is 2.46. The molecule has 2 unspecified atom stereocenters. The minimum absolute atomic E-state index is 0.466. The third kappa shape index (κ3) is 4.97. The van der Waals surface area contributed by atoms with Crippen molar-refractivity contribution in [1.82, 2.24) is 0 Å². The largest absolute Gasteiger partial charge is 0.299 e. The average molecular weight is 453 g/mol. The molecule has 1 nitrogen and oxygen atoms in total. The van der Waals surface area contributed by atoms with E-state index in [1.165, 1.54) is 24.0 Å². The van der Waals surface area contributed by atoms with E-state index in [9.17, 15) is 4.79 Å². The lowest BCUT2D eigenvalue weighted by molar-refractivity contribution is -0.119. The lowest BCUT2D eigenvalue weighted by Gasteiger charge is -2.32. The van der Waals surface area contributed by atoms with Crippen LogP contribution in [0.5, 0.6) is 0 Å². The number of carbonyl (C=O) groups is 1. The number of alkyl halides is 1. The van der Waals surface area contributed by atoms with E-state index < -0.39 is 11.6 Å². The van der Waals surface area contributed by atoms with Gasteiger partial charge in [0.1, 0.15) is 0 Å². The lowest BCUT2D eigenvalue weighted by Crippen LogP contribution is -2.32. The predicted octanol–water partition coefficient (Wildman–Crippen LogP) is 8.38. The first-order valence-electron chi connectivity index (χ1n) is 12.4. The van der Waals surface area contributed by atoms with Crippen molar-refractivity contribution in [1.29, 1.82) is 0 Å². The number of fused-ring (bicyclic) bond motifs is 1. The molecule has 34 heavy (non-hydrogen) atoms. The van der Waals surface area contributed by atoms with E-state index in [2.05, 4.69) is 37.8 Å². The molecule has 0 heterocycles. The number of aldehydes is 1. The summed E-state index contributed by atoms with van der Waals surface area (Å²) < 4.78 is 16.2. The smallest absolute Gasteiger partial charge is 0.201 e. The summed E-state index contributed by atoms with van der Waals surface area (Å²) in [5.74, 6) is -0.640. The van der Waals surface area contributed by atoms with E-state index in [0.717, 1.165) is 47.9 Å². The quantitative estimate of drug-likeness (QED) is 0.171. The fraction of sp³-hybridized carbons (Fsp3) is 0.281. The van der Waals surface area contributed by atoms with Crippen molar-refractivity contribution in [3.8, 4) is 11.1 Å². The van der Waals surface area contributed by atoms with Crippen LogP contribution < -0.4 is 0 Å². The Bertz CT molecular complexity index is 1160. The molecule has 0 fully saturated rings. The normalized spacial score (nSPS) is 18.9. The molecule has 0 radical (unpaired) electrons. The van der Waals surface area contributed by atoms with Crippen molar-refractivity contribution in [2.75, 3.05) is 0 Å². The van der Waals surface area contributed by atoms with Crippen LogP contribution in [0.2, 0.25) is 0 Å². The van der Waals surface area contributed by atoms with Crippen LogP contribution in [-0.2, 0) is 23.3 Å². The Morgan fingerprint density at radius 2 is 1.59 bits per heavy atom. The van der Waals surface area contributed by atoms with Crippen LogP contribution in [0, 0.1) is 0 Å². The summed E-state index contributed by atoms with van der Waals surface area (Å²) in [7, 11) is 0. The topological polar surface area (TPSA) is 17.1 Å². The summed E-state index contributed by atoms with van der Waals surface area (Å²) in [6.45, 7) is 5.97. The standard InChI is InChI=1S/C32H33FO/c1-3-5-7-9-25-12-20-31-29(22-25)19-21-30(32(31,33)23-34)28-17-15-27(16-18-28)26-13-10-24(11-14-26)8-6-4-2/h4,10-23,30H,2-3,5-9H2,1H3. The van der Waals surface area contributed by atoms with Crippen molar-refractivity contribution in [2.24, 2.45) is 0 Å². The maximum atomic E-state index is 16.2. The van der Waals surface area contributed by atoms with Gasteiger partial charge in [-0.2, -0.15) is 0 Å². The van der Waals surface area contributed by atoms with Gasteiger partial charge in [-0.25, -0.2) is 4.39 Å². The molecule has 1 aliphatic carbocycles. The van der Waals surface area contributed by atoms with Crippen LogP contribution in [0.1, 0.15) is 66.3 Å². The zero-order valence-electron chi connectivity index (χ0n) is 20.0. The van der Waals surface area contributed by atoms with Gasteiger partial charge < -0.3 is 0 Å². The van der Waals surface area contributed by atoms with Gasteiger partial charge in [0.2, 0.25) is 5.67 Å². The van der Waals surface area contributed by atoms with E-state index in [-0.39, 0.29) is 0 Å². The van der Waals surface area contributed by atoms with Crippen LogP contribution in [0.3, 0.4) is 0 Å².